The Balaban J connectivity index is 1.41. The molecule has 1 heterocycles. The number of carbonyl (C=O) groups is 1. The van der Waals surface area contributed by atoms with E-state index in [0.717, 1.165) is 18.5 Å². The molecule has 0 bridgehead atoms. The standard InChI is InChI=1S/C22H22FN3O2/c23-17-7-11-19(12-8-17)28-16-4-14-25(18-9-10-18)22(27)20-5-1-2-6-21(20)26-15-3-13-24-26/h1-3,5-8,11-13,15,18H,4,9-10,14,16H2. The lowest BCUT2D eigenvalue weighted by Gasteiger charge is -2.23. The van der Waals surface area contributed by atoms with Gasteiger partial charge in [0.15, 0.2) is 0 Å². The molecule has 4 rings (SSSR count). The van der Waals surface area contributed by atoms with Gasteiger partial charge in [-0.1, -0.05) is 12.1 Å². The fourth-order valence-corrected chi connectivity index (χ4v) is 3.21. The van der Waals surface area contributed by atoms with Crippen LogP contribution in [0.3, 0.4) is 0 Å². The number of para-hydroxylation sites is 1. The van der Waals surface area contributed by atoms with Crippen LogP contribution >= 0.6 is 0 Å². The second-order valence-electron chi connectivity index (χ2n) is 6.85. The normalized spacial score (nSPS) is 13.3. The number of carbonyl (C=O) groups excluding carboxylic acids is 1. The summed E-state index contributed by atoms with van der Waals surface area (Å²) in [6.07, 6.45) is 6.32. The van der Waals surface area contributed by atoms with Crippen molar-refractivity contribution in [3.8, 4) is 11.4 Å². The molecule has 0 radical (unpaired) electrons. The lowest BCUT2D eigenvalue weighted by atomic mass is 10.1. The van der Waals surface area contributed by atoms with Gasteiger partial charge in [-0.2, -0.15) is 5.10 Å². The van der Waals surface area contributed by atoms with Crippen molar-refractivity contribution >= 4 is 5.91 Å². The number of hydrogen-bond donors (Lipinski definition) is 0. The van der Waals surface area contributed by atoms with E-state index in [1.807, 2.05) is 41.4 Å². The van der Waals surface area contributed by atoms with E-state index in [-0.39, 0.29) is 11.7 Å². The van der Waals surface area contributed by atoms with Crippen LogP contribution in [0.1, 0.15) is 29.6 Å². The van der Waals surface area contributed by atoms with E-state index in [4.69, 9.17) is 4.74 Å². The van der Waals surface area contributed by atoms with Crippen molar-refractivity contribution in [2.45, 2.75) is 25.3 Å². The predicted molar refractivity (Wildman–Crippen MR) is 104 cm³/mol. The Hall–Kier alpha value is -3.15. The van der Waals surface area contributed by atoms with Crippen LogP contribution in [0.5, 0.6) is 5.75 Å². The number of benzene rings is 2. The van der Waals surface area contributed by atoms with E-state index < -0.39 is 0 Å². The van der Waals surface area contributed by atoms with Gasteiger partial charge < -0.3 is 9.64 Å². The molecule has 6 heteroatoms. The number of halogens is 1. The molecular weight excluding hydrogens is 357 g/mol. The molecule has 28 heavy (non-hydrogen) atoms. The van der Waals surface area contributed by atoms with Crippen molar-refractivity contribution in [2.75, 3.05) is 13.2 Å². The fraction of sp³-hybridized carbons (Fsp3) is 0.273. The first-order chi connectivity index (χ1) is 13.7. The first-order valence-corrected chi connectivity index (χ1v) is 9.51. The molecule has 1 aliphatic carbocycles. The number of nitrogens with zero attached hydrogens (tertiary/aromatic N) is 3. The van der Waals surface area contributed by atoms with Gasteiger partial charge in [0.2, 0.25) is 0 Å². The monoisotopic (exact) mass is 379 g/mol. The first-order valence-electron chi connectivity index (χ1n) is 9.51. The van der Waals surface area contributed by atoms with Crippen LogP contribution in [0, 0.1) is 5.82 Å². The Morgan fingerprint density at radius 3 is 2.64 bits per heavy atom. The minimum atomic E-state index is -0.284. The summed E-state index contributed by atoms with van der Waals surface area (Å²) in [6.45, 7) is 1.10. The molecule has 3 aromatic rings. The zero-order chi connectivity index (χ0) is 19.3. The first kappa shape index (κ1) is 18.2. The van der Waals surface area contributed by atoms with Crippen LogP contribution in [0.4, 0.5) is 4.39 Å². The Bertz CT molecular complexity index is 921. The Kier molecular flexibility index (Phi) is 5.37. The van der Waals surface area contributed by atoms with Crippen LogP contribution in [-0.2, 0) is 0 Å². The molecule has 5 nitrogen and oxygen atoms in total. The van der Waals surface area contributed by atoms with E-state index in [1.54, 1.807) is 23.0 Å². The van der Waals surface area contributed by atoms with Gasteiger partial charge >= 0.3 is 0 Å². The maximum absolute atomic E-state index is 13.2. The minimum absolute atomic E-state index is 0.0235. The molecule has 1 fully saturated rings. The fourth-order valence-electron chi connectivity index (χ4n) is 3.21. The number of aromatic nitrogens is 2. The van der Waals surface area contributed by atoms with E-state index in [9.17, 15) is 9.18 Å². The highest BCUT2D eigenvalue weighted by Crippen LogP contribution is 2.29. The van der Waals surface area contributed by atoms with Crippen LogP contribution < -0.4 is 4.74 Å². The smallest absolute Gasteiger partial charge is 0.256 e. The average Bonchev–Trinajstić information content (AvgIpc) is 3.41. The maximum atomic E-state index is 13.2. The number of hydrogen-bond acceptors (Lipinski definition) is 3. The topological polar surface area (TPSA) is 47.4 Å². The average molecular weight is 379 g/mol. The van der Waals surface area contributed by atoms with Gasteiger partial charge in [0.25, 0.3) is 5.91 Å². The molecule has 144 valence electrons. The van der Waals surface area contributed by atoms with Crippen molar-refractivity contribution < 1.29 is 13.9 Å². The summed E-state index contributed by atoms with van der Waals surface area (Å²) < 4.78 is 20.3. The second-order valence-corrected chi connectivity index (χ2v) is 6.85. The number of ether oxygens (including phenoxy) is 1. The molecule has 0 unspecified atom stereocenters. The third-order valence-electron chi connectivity index (χ3n) is 4.76. The summed E-state index contributed by atoms with van der Waals surface area (Å²) in [4.78, 5) is 15.2. The Morgan fingerprint density at radius 2 is 1.93 bits per heavy atom. The summed E-state index contributed by atoms with van der Waals surface area (Å²) >= 11 is 0. The van der Waals surface area contributed by atoms with Crippen molar-refractivity contribution in [3.63, 3.8) is 0 Å². The Morgan fingerprint density at radius 1 is 1.14 bits per heavy atom. The largest absolute Gasteiger partial charge is 0.494 e. The summed E-state index contributed by atoms with van der Waals surface area (Å²) in [5.41, 5.74) is 1.43. The van der Waals surface area contributed by atoms with Crippen LogP contribution in [0.2, 0.25) is 0 Å². The summed E-state index contributed by atoms with van der Waals surface area (Å²) in [5, 5.41) is 4.26. The van der Waals surface area contributed by atoms with Crippen LogP contribution in [0.15, 0.2) is 67.0 Å². The summed E-state index contributed by atoms with van der Waals surface area (Å²) in [5.74, 6) is 0.374. The van der Waals surface area contributed by atoms with E-state index >= 15 is 0 Å². The highest BCUT2D eigenvalue weighted by molar-refractivity contribution is 5.98. The predicted octanol–water partition coefficient (Wildman–Crippen LogP) is 4.09. The van der Waals surface area contributed by atoms with E-state index in [1.165, 1.54) is 12.1 Å². The molecule has 1 aliphatic rings. The minimum Gasteiger partial charge on any atom is -0.494 e. The lowest BCUT2D eigenvalue weighted by molar-refractivity contribution is 0.0733. The third-order valence-corrected chi connectivity index (χ3v) is 4.76. The van der Waals surface area contributed by atoms with Gasteiger partial charge in [-0.3, -0.25) is 4.79 Å². The molecule has 0 N–H and O–H groups in total. The van der Waals surface area contributed by atoms with Crippen LogP contribution in [0.25, 0.3) is 5.69 Å². The van der Waals surface area contributed by atoms with Gasteiger partial charge in [0.05, 0.1) is 17.9 Å². The van der Waals surface area contributed by atoms with Gasteiger partial charge in [-0.05, 0) is 61.7 Å². The van der Waals surface area contributed by atoms with E-state index in [0.29, 0.717) is 36.9 Å². The molecule has 0 saturated heterocycles. The molecule has 1 aromatic heterocycles. The SMILES string of the molecule is O=C(c1ccccc1-n1cccn1)N(CCCOc1ccc(F)cc1)C1CC1. The summed E-state index contributed by atoms with van der Waals surface area (Å²) in [7, 11) is 0. The van der Waals surface area contributed by atoms with Crippen molar-refractivity contribution in [2.24, 2.45) is 0 Å². The van der Waals surface area contributed by atoms with Gasteiger partial charge in [0, 0.05) is 25.0 Å². The van der Waals surface area contributed by atoms with Crippen molar-refractivity contribution in [3.05, 3.63) is 78.4 Å². The zero-order valence-corrected chi connectivity index (χ0v) is 15.5. The quantitative estimate of drug-likeness (QED) is 0.554. The molecule has 0 aliphatic heterocycles. The van der Waals surface area contributed by atoms with Crippen molar-refractivity contribution in [1.29, 1.82) is 0 Å². The number of amides is 1. The zero-order valence-electron chi connectivity index (χ0n) is 15.5. The highest BCUT2D eigenvalue weighted by Gasteiger charge is 2.33. The molecular formula is C22H22FN3O2. The molecule has 0 spiro atoms. The Labute approximate surface area is 163 Å². The second kappa shape index (κ2) is 8.25. The van der Waals surface area contributed by atoms with Gasteiger partial charge in [-0.25, -0.2) is 9.07 Å². The van der Waals surface area contributed by atoms with Crippen LogP contribution in [-0.4, -0.2) is 39.8 Å². The molecule has 2 aromatic carbocycles. The molecule has 1 amide bonds. The lowest BCUT2D eigenvalue weighted by Crippen LogP contribution is -2.35. The van der Waals surface area contributed by atoms with Crippen molar-refractivity contribution in [1.82, 2.24) is 14.7 Å². The third kappa shape index (κ3) is 4.22. The summed E-state index contributed by atoms with van der Waals surface area (Å²) in [6, 6.07) is 15.7. The molecule has 0 atom stereocenters. The van der Waals surface area contributed by atoms with E-state index in [2.05, 4.69) is 5.10 Å². The maximum Gasteiger partial charge on any atom is 0.256 e. The van der Waals surface area contributed by atoms with Gasteiger partial charge in [-0.15, -0.1) is 0 Å². The number of rotatable bonds is 8. The van der Waals surface area contributed by atoms with Gasteiger partial charge in [0.1, 0.15) is 11.6 Å². The molecule has 1 saturated carbocycles. The highest BCUT2D eigenvalue weighted by atomic mass is 19.1.